The monoisotopic (exact) mass is 286 g/mol. The predicted molar refractivity (Wildman–Crippen MR) is 75.0 cm³/mol. The maximum atomic E-state index is 12.4. The summed E-state index contributed by atoms with van der Waals surface area (Å²) in [6, 6.07) is -0.636. The summed E-state index contributed by atoms with van der Waals surface area (Å²) in [6.45, 7) is 3.91. The number of hydrogen-bond donors (Lipinski definition) is 2. The van der Waals surface area contributed by atoms with Crippen molar-refractivity contribution in [2.75, 3.05) is 18.8 Å². The lowest BCUT2D eigenvalue weighted by Gasteiger charge is -2.28. The molecule has 2 rings (SSSR count). The van der Waals surface area contributed by atoms with Gasteiger partial charge in [-0.05, 0) is 31.8 Å². The van der Waals surface area contributed by atoms with Crippen molar-refractivity contribution in [1.29, 1.82) is 0 Å². The zero-order valence-corrected chi connectivity index (χ0v) is 12.1. The van der Waals surface area contributed by atoms with Gasteiger partial charge in [0.2, 0.25) is 5.91 Å². The first-order valence-electron chi connectivity index (χ1n) is 6.99. The second kappa shape index (κ2) is 6.61. The van der Waals surface area contributed by atoms with Crippen molar-refractivity contribution in [3.63, 3.8) is 0 Å². The summed E-state index contributed by atoms with van der Waals surface area (Å²) in [5, 5.41) is 12.6. The summed E-state index contributed by atoms with van der Waals surface area (Å²) in [6.07, 6.45) is 3.35. The number of carboxylic acids is 1. The van der Waals surface area contributed by atoms with Crippen LogP contribution in [0.5, 0.6) is 0 Å². The van der Waals surface area contributed by atoms with E-state index in [9.17, 15) is 14.7 Å². The summed E-state index contributed by atoms with van der Waals surface area (Å²) in [7, 11) is 0. The molecule has 0 radical (unpaired) electrons. The highest BCUT2D eigenvalue weighted by atomic mass is 32.2. The molecule has 0 bridgehead atoms. The second-order valence-electron chi connectivity index (χ2n) is 5.29. The van der Waals surface area contributed by atoms with Crippen molar-refractivity contribution < 1.29 is 14.7 Å². The number of amides is 1. The van der Waals surface area contributed by atoms with Crippen LogP contribution in [0.2, 0.25) is 0 Å². The van der Waals surface area contributed by atoms with E-state index in [1.54, 1.807) is 16.7 Å². The fourth-order valence-electron chi connectivity index (χ4n) is 2.80. The lowest BCUT2D eigenvalue weighted by Crippen LogP contribution is -2.46. The van der Waals surface area contributed by atoms with Gasteiger partial charge in [0.25, 0.3) is 0 Å². The Morgan fingerprint density at radius 2 is 2.26 bits per heavy atom. The predicted octanol–water partition coefficient (Wildman–Crippen LogP) is 1.14. The lowest BCUT2D eigenvalue weighted by molar-refractivity contribution is -0.149. The lowest BCUT2D eigenvalue weighted by atomic mass is 10.0. The van der Waals surface area contributed by atoms with Crippen molar-refractivity contribution in [2.45, 2.75) is 44.0 Å². The molecule has 5 nitrogen and oxygen atoms in total. The van der Waals surface area contributed by atoms with Crippen molar-refractivity contribution in [1.82, 2.24) is 10.2 Å². The van der Waals surface area contributed by atoms with Crippen molar-refractivity contribution in [2.24, 2.45) is 5.92 Å². The van der Waals surface area contributed by atoms with Gasteiger partial charge in [0.1, 0.15) is 6.04 Å². The Morgan fingerprint density at radius 3 is 2.84 bits per heavy atom. The fourth-order valence-corrected chi connectivity index (χ4v) is 4.33. The summed E-state index contributed by atoms with van der Waals surface area (Å²) >= 11 is 1.61. The number of carboxylic acid groups (broad SMARTS) is 1. The topological polar surface area (TPSA) is 69.6 Å². The van der Waals surface area contributed by atoms with Crippen LogP contribution in [0.25, 0.3) is 0 Å². The van der Waals surface area contributed by atoms with Gasteiger partial charge in [0, 0.05) is 12.2 Å². The molecular formula is C13H22N2O3S. The molecule has 2 heterocycles. The first-order valence-corrected chi connectivity index (χ1v) is 8.04. The highest BCUT2D eigenvalue weighted by Crippen LogP contribution is 2.33. The Hall–Kier alpha value is -0.750. The van der Waals surface area contributed by atoms with Crippen LogP contribution in [0.15, 0.2) is 0 Å². The van der Waals surface area contributed by atoms with Gasteiger partial charge in [-0.1, -0.05) is 13.3 Å². The molecule has 1 amide bonds. The van der Waals surface area contributed by atoms with Gasteiger partial charge in [0.15, 0.2) is 0 Å². The van der Waals surface area contributed by atoms with E-state index in [0.29, 0.717) is 18.1 Å². The number of thioether (sulfide) groups is 1. The summed E-state index contributed by atoms with van der Waals surface area (Å²) in [5.41, 5.74) is 0. The number of nitrogens with zero attached hydrogens (tertiary/aromatic N) is 1. The van der Waals surface area contributed by atoms with Gasteiger partial charge in [-0.3, -0.25) is 4.79 Å². The number of hydrogen-bond acceptors (Lipinski definition) is 4. The first-order chi connectivity index (χ1) is 9.13. The minimum atomic E-state index is -0.871. The molecule has 19 heavy (non-hydrogen) atoms. The molecule has 0 aliphatic carbocycles. The van der Waals surface area contributed by atoms with Crippen LogP contribution < -0.4 is 5.32 Å². The smallest absolute Gasteiger partial charge is 0.327 e. The molecule has 0 aromatic carbocycles. The molecule has 0 aromatic rings. The molecule has 6 heteroatoms. The highest BCUT2D eigenvalue weighted by Gasteiger charge is 2.41. The average molecular weight is 286 g/mol. The number of aliphatic carboxylic acids is 1. The van der Waals surface area contributed by atoms with Crippen LogP contribution in [0, 0.1) is 5.92 Å². The van der Waals surface area contributed by atoms with Crippen LogP contribution in [-0.4, -0.2) is 52.1 Å². The molecule has 108 valence electrons. The third-order valence-electron chi connectivity index (χ3n) is 3.83. The Morgan fingerprint density at radius 1 is 1.47 bits per heavy atom. The minimum Gasteiger partial charge on any atom is -0.480 e. The van der Waals surface area contributed by atoms with Gasteiger partial charge in [0.05, 0.1) is 5.37 Å². The third-order valence-corrected chi connectivity index (χ3v) is 5.18. The van der Waals surface area contributed by atoms with Crippen molar-refractivity contribution in [3.05, 3.63) is 0 Å². The van der Waals surface area contributed by atoms with E-state index >= 15 is 0 Å². The fraction of sp³-hybridized carbons (Fsp3) is 0.846. The molecule has 2 saturated heterocycles. The van der Waals surface area contributed by atoms with Crippen LogP contribution >= 0.6 is 11.8 Å². The standard InChI is InChI=1S/C13H22N2O3S/c1-2-3-12-15(10(8-19-12)13(17)18)11(16)6-9-4-5-14-7-9/h9-10,12,14H,2-8H2,1H3,(H,17,18). The zero-order chi connectivity index (χ0) is 13.8. The minimum absolute atomic E-state index is 0.0181. The van der Waals surface area contributed by atoms with E-state index < -0.39 is 12.0 Å². The van der Waals surface area contributed by atoms with Gasteiger partial charge < -0.3 is 15.3 Å². The molecule has 0 spiro atoms. The van der Waals surface area contributed by atoms with E-state index in [-0.39, 0.29) is 11.3 Å². The molecule has 3 unspecified atom stereocenters. The molecule has 2 aliphatic rings. The first kappa shape index (κ1) is 14.7. The van der Waals surface area contributed by atoms with Gasteiger partial charge >= 0.3 is 5.97 Å². The number of carbonyl (C=O) groups is 2. The summed E-state index contributed by atoms with van der Waals surface area (Å²) in [5.74, 6) is 0.0395. The van der Waals surface area contributed by atoms with E-state index in [4.69, 9.17) is 0 Å². The third kappa shape index (κ3) is 3.42. The van der Waals surface area contributed by atoms with Crippen LogP contribution in [0.4, 0.5) is 0 Å². The van der Waals surface area contributed by atoms with E-state index in [1.165, 1.54) is 0 Å². The Bertz CT molecular complexity index is 345. The van der Waals surface area contributed by atoms with Crippen LogP contribution in [0.1, 0.15) is 32.6 Å². The summed E-state index contributed by atoms with van der Waals surface area (Å²) < 4.78 is 0. The molecule has 0 aromatic heterocycles. The molecule has 0 saturated carbocycles. The van der Waals surface area contributed by atoms with Crippen molar-refractivity contribution in [3.8, 4) is 0 Å². The van der Waals surface area contributed by atoms with Gasteiger partial charge in [-0.2, -0.15) is 0 Å². The van der Waals surface area contributed by atoms with Crippen molar-refractivity contribution >= 4 is 23.6 Å². The van der Waals surface area contributed by atoms with Crippen LogP contribution in [-0.2, 0) is 9.59 Å². The number of rotatable bonds is 5. The Kier molecular flexibility index (Phi) is 5.10. The van der Waals surface area contributed by atoms with Crippen LogP contribution in [0.3, 0.4) is 0 Å². The molecule has 2 fully saturated rings. The summed E-state index contributed by atoms with van der Waals surface area (Å²) in [4.78, 5) is 25.3. The molecule has 3 atom stereocenters. The van der Waals surface area contributed by atoms with E-state index in [0.717, 1.165) is 32.4 Å². The molecule has 2 aliphatic heterocycles. The van der Waals surface area contributed by atoms with Gasteiger partial charge in [-0.25, -0.2) is 4.79 Å². The second-order valence-corrected chi connectivity index (χ2v) is 6.51. The average Bonchev–Trinajstić information content (AvgIpc) is 2.98. The van der Waals surface area contributed by atoms with E-state index in [2.05, 4.69) is 12.2 Å². The number of nitrogens with one attached hydrogen (secondary N) is 1. The number of carbonyl (C=O) groups excluding carboxylic acids is 1. The SMILES string of the molecule is CCCC1SCC(C(=O)O)N1C(=O)CC1CCNC1. The van der Waals surface area contributed by atoms with E-state index in [1.807, 2.05) is 0 Å². The zero-order valence-electron chi connectivity index (χ0n) is 11.3. The largest absolute Gasteiger partial charge is 0.480 e. The Labute approximate surface area is 118 Å². The highest BCUT2D eigenvalue weighted by molar-refractivity contribution is 8.00. The van der Waals surface area contributed by atoms with Gasteiger partial charge in [-0.15, -0.1) is 11.8 Å². The maximum absolute atomic E-state index is 12.4. The Balaban J connectivity index is 2.01. The normalized spacial score (nSPS) is 30.8. The molecule has 2 N–H and O–H groups in total. The quantitative estimate of drug-likeness (QED) is 0.793. The molecular weight excluding hydrogens is 264 g/mol. The maximum Gasteiger partial charge on any atom is 0.327 e.